The Labute approximate surface area is 192 Å². The fourth-order valence-corrected chi connectivity index (χ4v) is 5.19. The molecule has 0 unspecified atom stereocenters. The molecule has 4 aromatic rings. The van der Waals surface area contributed by atoms with Crippen LogP contribution in [0.5, 0.6) is 5.75 Å². The second kappa shape index (κ2) is 8.55. The molecule has 164 valence electrons. The third-order valence-corrected chi connectivity index (χ3v) is 6.68. The summed E-state index contributed by atoms with van der Waals surface area (Å²) in [5, 5.41) is 12.0. The van der Waals surface area contributed by atoms with E-state index >= 15 is 0 Å². The summed E-state index contributed by atoms with van der Waals surface area (Å²) in [6, 6.07) is 30.5. The topological polar surface area (TPSA) is 63.6 Å². The summed E-state index contributed by atoms with van der Waals surface area (Å²) in [7, 11) is 0. The van der Waals surface area contributed by atoms with E-state index in [0.717, 1.165) is 27.5 Å². The van der Waals surface area contributed by atoms with Crippen LogP contribution >= 0.6 is 0 Å². The number of aryl methyl sites for hydroxylation is 1. The first-order chi connectivity index (χ1) is 16.0. The summed E-state index contributed by atoms with van der Waals surface area (Å²) < 4.78 is 5.96. The van der Waals surface area contributed by atoms with Crippen molar-refractivity contribution < 1.29 is 19.4 Å². The average Bonchev–Trinajstić information content (AvgIpc) is 2.79. The fraction of sp³-hybridized carbons (Fsp3) is 0.172. The molecule has 0 radical (unpaired) electrons. The SMILES string of the molecule is Cc1cccc([C@@H]2[C@H](C(=O)O)[C@@H](c3ccccc3)[C@H]2C(=O)Oc2cccc3ccccc23)c1. The third-order valence-electron chi connectivity index (χ3n) is 6.68. The monoisotopic (exact) mass is 436 g/mol. The smallest absolute Gasteiger partial charge is 0.315 e. The highest BCUT2D eigenvalue weighted by Crippen LogP contribution is 2.58. The van der Waals surface area contributed by atoms with Crippen molar-refractivity contribution in [1.82, 2.24) is 0 Å². The third kappa shape index (κ3) is 3.78. The van der Waals surface area contributed by atoms with Gasteiger partial charge in [0, 0.05) is 17.2 Å². The summed E-state index contributed by atoms with van der Waals surface area (Å²) in [4.78, 5) is 26.0. The van der Waals surface area contributed by atoms with Crippen molar-refractivity contribution in [2.24, 2.45) is 11.8 Å². The zero-order chi connectivity index (χ0) is 22.9. The number of esters is 1. The van der Waals surface area contributed by atoms with E-state index in [9.17, 15) is 14.7 Å². The molecule has 4 nitrogen and oxygen atoms in total. The summed E-state index contributed by atoms with van der Waals surface area (Å²) >= 11 is 0. The van der Waals surface area contributed by atoms with Crippen LogP contribution in [0.15, 0.2) is 97.1 Å². The molecule has 5 rings (SSSR count). The molecule has 0 aromatic heterocycles. The van der Waals surface area contributed by atoms with Gasteiger partial charge in [-0.15, -0.1) is 0 Å². The van der Waals surface area contributed by atoms with Crippen LogP contribution < -0.4 is 4.74 Å². The number of aliphatic carboxylic acids is 1. The second-order valence-corrected chi connectivity index (χ2v) is 8.66. The van der Waals surface area contributed by atoms with E-state index < -0.39 is 35.6 Å². The fourth-order valence-electron chi connectivity index (χ4n) is 5.19. The van der Waals surface area contributed by atoms with E-state index in [4.69, 9.17) is 4.74 Å². The zero-order valence-corrected chi connectivity index (χ0v) is 18.2. The number of carbonyl (C=O) groups is 2. The van der Waals surface area contributed by atoms with Gasteiger partial charge >= 0.3 is 11.9 Å². The van der Waals surface area contributed by atoms with E-state index in [1.807, 2.05) is 97.9 Å². The molecule has 1 aliphatic carbocycles. The van der Waals surface area contributed by atoms with Crippen molar-refractivity contribution in [1.29, 1.82) is 0 Å². The summed E-state index contributed by atoms with van der Waals surface area (Å²) in [5.41, 5.74) is 2.73. The van der Waals surface area contributed by atoms with Crippen molar-refractivity contribution in [3.8, 4) is 5.75 Å². The number of rotatable bonds is 5. The largest absolute Gasteiger partial charge is 0.481 e. The van der Waals surface area contributed by atoms with Crippen LogP contribution in [0.1, 0.15) is 28.5 Å². The van der Waals surface area contributed by atoms with E-state index in [2.05, 4.69) is 0 Å². The van der Waals surface area contributed by atoms with Crippen LogP contribution in [-0.2, 0) is 9.59 Å². The Morgan fingerprint density at radius 1 is 0.727 bits per heavy atom. The number of carboxylic acids is 1. The molecule has 0 bridgehead atoms. The van der Waals surface area contributed by atoms with E-state index in [1.54, 1.807) is 6.07 Å². The Hall–Kier alpha value is -3.92. The minimum absolute atomic E-state index is 0.399. The van der Waals surface area contributed by atoms with Crippen molar-refractivity contribution in [2.45, 2.75) is 18.8 Å². The minimum Gasteiger partial charge on any atom is -0.481 e. The molecule has 0 amide bonds. The first kappa shape index (κ1) is 21.0. The highest BCUT2D eigenvalue weighted by atomic mass is 16.5. The number of hydrogen-bond acceptors (Lipinski definition) is 3. The number of hydrogen-bond donors (Lipinski definition) is 1. The van der Waals surface area contributed by atoms with Gasteiger partial charge in [-0.1, -0.05) is 96.6 Å². The molecule has 0 heterocycles. The maximum absolute atomic E-state index is 13.6. The van der Waals surface area contributed by atoms with Crippen molar-refractivity contribution in [3.05, 3.63) is 114 Å². The van der Waals surface area contributed by atoms with Crippen molar-refractivity contribution in [3.63, 3.8) is 0 Å². The molecule has 1 saturated carbocycles. The van der Waals surface area contributed by atoms with Crippen LogP contribution in [0.3, 0.4) is 0 Å². The summed E-state index contributed by atoms with van der Waals surface area (Å²) in [6.07, 6.45) is 0. The van der Waals surface area contributed by atoms with Gasteiger partial charge in [0.05, 0.1) is 11.8 Å². The molecule has 0 aliphatic heterocycles. The van der Waals surface area contributed by atoms with E-state index in [1.165, 1.54) is 0 Å². The lowest BCUT2D eigenvalue weighted by atomic mass is 9.52. The van der Waals surface area contributed by atoms with Gasteiger partial charge in [0.2, 0.25) is 0 Å². The Kier molecular flexibility index (Phi) is 5.43. The van der Waals surface area contributed by atoms with Crippen LogP contribution in [0.2, 0.25) is 0 Å². The molecule has 1 aliphatic rings. The van der Waals surface area contributed by atoms with Gasteiger partial charge in [0.25, 0.3) is 0 Å². The minimum atomic E-state index is -0.899. The second-order valence-electron chi connectivity index (χ2n) is 8.66. The number of benzene rings is 4. The standard InChI is InChI=1S/C29H24O4/c1-18-9-7-14-21(17-18)25-26(28(30)31)24(20-11-3-2-4-12-20)27(25)29(32)33-23-16-8-13-19-10-5-6-15-22(19)23/h2-17,24-27H,1H3,(H,30,31)/t24-,25-,26-,27-/m1/s1. The number of ether oxygens (including phenoxy) is 1. The molecular formula is C29H24O4. The van der Waals surface area contributed by atoms with Crippen molar-refractivity contribution in [2.75, 3.05) is 0 Å². The van der Waals surface area contributed by atoms with Crippen molar-refractivity contribution >= 4 is 22.7 Å². The van der Waals surface area contributed by atoms with E-state index in [-0.39, 0.29) is 0 Å². The highest BCUT2D eigenvalue weighted by molar-refractivity contribution is 5.92. The molecule has 4 aromatic carbocycles. The highest BCUT2D eigenvalue weighted by Gasteiger charge is 2.59. The van der Waals surface area contributed by atoms with E-state index in [0.29, 0.717) is 5.75 Å². The summed E-state index contributed by atoms with van der Waals surface area (Å²) in [5.74, 6) is -3.04. The predicted molar refractivity (Wildman–Crippen MR) is 127 cm³/mol. The molecular weight excluding hydrogens is 412 g/mol. The maximum Gasteiger partial charge on any atom is 0.315 e. The molecule has 4 atom stereocenters. The van der Waals surface area contributed by atoms with Crippen LogP contribution in [0, 0.1) is 18.8 Å². The van der Waals surface area contributed by atoms with Gasteiger partial charge in [-0.3, -0.25) is 9.59 Å². The van der Waals surface area contributed by atoms with Crippen LogP contribution in [-0.4, -0.2) is 17.0 Å². The lowest BCUT2D eigenvalue weighted by Gasteiger charge is -2.49. The molecule has 33 heavy (non-hydrogen) atoms. The predicted octanol–water partition coefficient (Wildman–Crippen LogP) is 5.95. The van der Waals surface area contributed by atoms with Crippen LogP contribution in [0.4, 0.5) is 0 Å². The Morgan fingerprint density at radius 2 is 1.36 bits per heavy atom. The van der Waals surface area contributed by atoms with Gasteiger partial charge < -0.3 is 9.84 Å². The van der Waals surface area contributed by atoms with Gasteiger partial charge in [-0.25, -0.2) is 0 Å². The molecule has 0 saturated heterocycles. The Morgan fingerprint density at radius 3 is 2.12 bits per heavy atom. The molecule has 0 spiro atoms. The number of fused-ring (bicyclic) bond motifs is 1. The van der Waals surface area contributed by atoms with Gasteiger partial charge in [-0.2, -0.15) is 0 Å². The Balaban J connectivity index is 1.57. The van der Waals surface area contributed by atoms with Gasteiger partial charge in [0.1, 0.15) is 5.75 Å². The van der Waals surface area contributed by atoms with Gasteiger partial charge in [0.15, 0.2) is 0 Å². The quantitative estimate of drug-likeness (QED) is 0.310. The number of carbonyl (C=O) groups excluding carboxylic acids is 1. The number of carboxylic acid groups (broad SMARTS) is 1. The molecule has 1 N–H and O–H groups in total. The van der Waals surface area contributed by atoms with Crippen LogP contribution in [0.25, 0.3) is 10.8 Å². The summed E-state index contributed by atoms with van der Waals surface area (Å²) in [6.45, 7) is 1.97. The first-order valence-electron chi connectivity index (χ1n) is 11.1. The molecule has 4 heteroatoms. The zero-order valence-electron chi connectivity index (χ0n) is 18.2. The first-order valence-corrected chi connectivity index (χ1v) is 11.1. The average molecular weight is 437 g/mol. The molecule has 1 fully saturated rings. The van der Waals surface area contributed by atoms with Gasteiger partial charge in [-0.05, 0) is 29.5 Å². The maximum atomic E-state index is 13.6. The Bertz CT molecular complexity index is 1320. The normalized spacial score (nSPS) is 21.8. The lowest BCUT2D eigenvalue weighted by Crippen LogP contribution is -2.52. The lowest BCUT2D eigenvalue weighted by molar-refractivity contribution is -0.158.